The number of amides is 2. The lowest BCUT2D eigenvalue weighted by Gasteiger charge is -2.59. The first kappa shape index (κ1) is 15.8. The van der Waals surface area contributed by atoms with Gasteiger partial charge in [-0.1, -0.05) is 0 Å². The summed E-state index contributed by atoms with van der Waals surface area (Å²) in [6.45, 7) is 7.14. The third kappa shape index (κ3) is 2.65. The van der Waals surface area contributed by atoms with E-state index < -0.39 is 5.91 Å². The van der Waals surface area contributed by atoms with Crippen LogP contribution in [0.3, 0.4) is 0 Å². The van der Waals surface area contributed by atoms with Crippen molar-refractivity contribution in [2.45, 2.75) is 65.3 Å². The standard InChI is InChI=1S/C18H30N2O2/c1-4-20(5-2)17(22)16(21)19-12(3)18-9-13-6-14(10-18)8-15(7-13)11-18/h12-15H,4-11H2,1-3H3,(H,19,21). The molecule has 0 aliphatic heterocycles. The highest BCUT2D eigenvalue weighted by Gasteiger charge is 2.53. The first-order valence-corrected chi connectivity index (χ1v) is 9.07. The second kappa shape index (κ2) is 5.86. The van der Waals surface area contributed by atoms with E-state index in [1.165, 1.54) is 38.5 Å². The molecular weight excluding hydrogens is 276 g/mol. The molecular formula is C18H30N2O2. The molecule has 4 saturated carbocycles. The molecule has 0 saturated heterocycles. The molecule has 4 aliphatic rings. The molecule has 0 aromatic rings. The van der Waals surface area contributed by atoms with Crippen molar-refractivity contribution in [1.29, 1.82) is 0 Å². The van der Waals surface area contributed by atoms with Crippen molar-refractivity contribution in [3.63, 3.8) is 0 Å². The molecule has 1 N–H and O–H groups in total. The van der Waals surface area contributed by atoms with Gasteiger partial charge in [0.1, 0.15) is 0 Å². The Bertz CT molecular complexity index is 421. The van der Waals surface area contributed by atoms with Gasteiger partial charge in [-0.15, -0.1) is 0 Å². The van der Waals surface area contributed by atoms with E-state index in [1.807, 2.05) is 13.8 Å². The minimum absolute atomic E-state index is 0.118. The molecule has 0 spiro atoms. The molecule has 4 nitrogen and oxygen atoms in total. The summed E-state index contributed by atoms with van der Waals surface area (Å²) >= 11 is 0. The third-order valence-corrected chi connectivity index (χ3v) is 6.60. The fraction of sp³-hybridized carbons (Fsp3) is 0.889. The molecule has 22 heavy (non-hydrogen) atoms. The smallest absolute Gasteiger partial charge is 0.311 e. The van der Waals surface area contributed by atoms with Crippen LogP contribution in [0.1, 0.15) is 59.3 Å². The second-order valence-corrected chi connectivity index (χ2v) is 7.95. The highest BCUT2D eigenvalue weighted by molar-refractivity contribution is 6.35. The summed E-state index contributed by atoms with van der Waals surface area (Å²) in [7, 11) is 0. The fourth-order valence-electron chi connectivity index (χ4n) is 5.77. The Morgan fingerprint density at radius 1 is 1.05 bits per heavy atom. The van der Waals surface area contributed by atoms with Crippen molar-refractivity contribution in [1.82, 2.24) is 10.2 Å². The molecule has 4 fully saturated rings. The van der Waals surface area contributed by atoms with Crippen LogP contribution < -0.4 is 5.32 Å². The Balaban J connectivity index is 1.65. The number of carbonyl (C=O) groups is 2. The Hall–Kier alpha value is -1.06. The van der Waals surface area contributed by atoms with Gasteiger partial charge in [0.2, 0.25) is 0 Å². The Morgan fingerprint density at radius 2 is 1.50 bits per heavy atom. The average molecular weight is 306 g/mol. The van der Waals surface area contributed by atoms with Crippen molar-refractivity contribution in [2.75, 3.05) is 13.1 Å². The Kier molecular flexibility index (Phi) is 4.21. The predicted octanol–water partition coefficient (Wildman–Crippen LogP) is 2.58. The first-order valence-electron chi connectivity index (χ1n) is 9.07. The minimum Gasteiger partial charge on any atom is -0.345 e. The van der Waals surface area contributed by atoms with E-state index in [2.05, 4.69) is 12.2 Å². The minimum atomic E-state index is -0.410. The van der Waals surface area contributed by atoms with Gasteiger partial charge in [-0.2, -0.15) is 0 Å². The number of rotatable bonds is 4. The highest BCUT2D eigenvalue weighted by Crippen LogP contribution is 2.61. The van der Waals surface area contributed by atoms with Crippen molar-refractivity contribution in [2.24, 2.45) is 23.2 Å². The van der Waals surface area contributed by atoms with Crippen molar-refractivity contribution in [3.8, 4) is 0 Å². The van der Waals surface area contributed by atoms with Crippen molar-refractivity contribution in [3.05, 3.63) is 0 Å². The van der Waals surface area contributed by atoms with Crippen LogP contribution in [0.2, 0.25) is 0 Å². The summed E-state index contributed by atoms with van der Waals surface area (Å²) < 4.78 is 0. The summed E-state index contributed by atoms with van der Waals surface area (Å²) in [5.41, 5.74) is 0.258. The molecule has 2 amide bonds. The van der Waals surface area contributed by atoms with Crippen LogP contribution in [-0.2, 0) is 9.59 Å². The number of nitrogens with one attached hydrogen (secondary N) is 1. The molecule has 4 bridgehead atoms. The normalized spacial score (nSPS) is 37.0. The lowest BCUT2D eigenvalue weighted by molar-refractivity contribution is -0.147. The number of likely N-dealkylation sites (N-methyl/N-ethyl adjacent to an activating group) is 1. The van der Waals surface area contributed by atoms with Crippen LogP contribution in [0, 0.1) is 23.2 Å². The van der Waals surface area contributed by atoms with E-state index in [0.717, 1.165) is 17.8 Å². The third-order valence-electron chi connectivity index (χ3n) is 6.60. The SMILES string of the molecule is CCN(CC)C(=O)C(=O)NC(C)C12CC3CC(CC(C3)C1)C2. The summed E-state index contributed by atoms with van der Waals surface area (Å²) in [6.07, 6.45) is 7.95. The molecule has 0 radical (unpaired) electrons. The molecule has 4 heteroatoms. The largest absolute Gasteiger partial charge is 0.345 e. The van der Waals surface area contributed by atoms with E-state index in [-0.39, 0.29) is 17.4 Å². The van der Waals surface area contributed by atoms with Gasteiger partial charge < -0.3 is 10.2 Å². The summed E-state index contributed by atoms with van der Waals surface area (Å²) in [5.74, 6) is 1.81. The van der Waals surface area contributed by atoms with E-state index in [4.69, 9.17) is 0 Å². The monoisotopic (exact) mass is 306 g/mol. The number of carbonyl (C=O) groups excluding carboxylic acids is 2. The van der Waals surface area contributed by atoms with Gasteiger partial charge in [0.25, 0.3) is 0 Å². The van der Waals surface area contributed by atoms with Crippen LogP contribution in [0.15, 0.2) is 0 Å². The van der Waals surface area contributed by atoms with Crippen LogP contribution in [0.5, 0.6) is 0 Å². The van der Waals surface area contributed by atoms with E-state index >= 15 is 0 Å². The lowest BCUT2D eigenvalue weighted by Crippen LogP contribution is -2.57. The summed E-state index contributed by atoms with van der Waals surface area (Å²) in [4.78, 5) is 26.1. The number of hydrogen-bond acceptors (Lipinski definition) is 2. The Labute approximate surface area is 134 Å². The van der Waals surface area contributed by atoms with E-state index in [1.54, 1.807) is 4.90 Å². The molecule has 1 atom stereocenters. The van der Waals surface area contributed by atoms with E-state index in [0.29, 0.717) is 13.1 Å². The van der Waals surface area contributed by atoms with E-state index in [9.17, 15) is 9.59 Å². The van der Waals surface area contributed by atoms with Crippen LogP contribution in [0.4, 0.5) is 0 Å². The van der Waals surface area contributed by atoms with Crippen molar-refractivity contribution < 1.29 is 9.59 Å². The van der Waals surface area contributed by atoms with Gasteiger partial charge in [-0.3, -0.25) is 9.59 Å². The zero-order valence-electron chi connectivity index (χ0n) is 14.2. The average Bonchev–Trinajstić information content (AvgIpc) is 2.46. The lowest BCUT2D eigenvalue weighted by atomic mass is 9.48. The molecule has 0 aromatic heterocycles. The summed E-state index contributed by atoms with van der Waals surface area (Å²) in [6, 6.07) is 0.118. The zero-order chi connectivity index (χ0) is 15.9. The van der Waals surface area contributed by atoms with Gasteiger partial charge in [0.05, 0.1) is 0 Å². The molecule has 124 valence electrons. The summed E-state index contributed by atoms with van der Waals surface area (Å²) in [5, 5.41) is 3.06. The van der Waals surface area contributed by atoms with Gasteiger partial charge in [0.15, 0.2) is 0 Å². The highest BCUT2D eigenvalue weighted by atomic mass is 16.2. The van der Waals surface area contributed by atoms with Gasteiger partial charge >= 0.3 is 11.8 Å². The second-order valence-electron chi connectivity index (χ2n) is 7.95. The van der Waals surface area contributed by atoms with Crippen LogP contribution in [0.25, 0.3) is 0 Å². The van der Waals surface area contributed by atoms with Crippen molar-refractivity contribution >= 4 is 11.8 Å². The molecule has 1 unspecified atom stereocenters. The quantitative estimate of drug-likeness (QED) is 0.812. The number of nitrogens with zero attached hydrogens (tertiary/aromatic N) is 1. The van der Waals surface area contributed by atoms with Gasteiger partial charge in [-0.05, 0) is 82.5 Å². The maximum Gasteiger partial charge on any atom is 0.311 e. The molecule has 4 aliphatic carbocycles. The number of hydrogen-bond donors (Lipinski definition) is 1. The molecule has 0 heterocycles. The first-order chi connectivity index (χ1) is 10.5. The predicted molar refractivity (Wildman–Crippen MR) is 86.1 cm³/mol. The molecule has 4 rings (SSSR count). The Morgan fingerprint density at radius 3 is 1.91 bits per heavy atom. The zero-order valence-corrected chi connectivity index (χ0v) is 14.2. The fourth-order valence-corrected chi connectivity index (χ4v) is 5.77. The maximum atomic E-state index is 12.3. The van der Waals surface area contributed by atoms with Crippen LogP contribution in [-0.4, -0.2) is 35.8 Å². The van der Waals surface area contributed by atoms with Gasteiger partial charge in [-0.25, -0.2) is 0 Å². The topological polar surface area (TPSA) is 49.4 Å². The van der Waals surface area contributed by atoms with Crippen LogP contribution >= 0.6 is 0 Å². The maximum absolute atomic E-state index is 12.3. The van der Waals surface area contributed by atoms with Gasteiger partial charge in [0, 0.05) is 19.1 Å². The molecule has 0 aromatic carbocycles.